The van der Waals surface area contributed by atoms with Gasteiger partial charge >= 0.3 is 0 Å². The predicted molar refractivity (Wildman–Crippen MR) is 105 cm³/mol. The van der Waals surface area contributed by atoms with Gasteiger partial charge in [-0.1, -0.05) is 24.3 Å². The van der Waals surface area contributed by atoms with Gasteiger partial charge < -0.3 is 9.47 Å². The Balaban J connectivity index is 1.37. The van der Waals surface area contributed by atoms with Crippen LogP contribution < -0.4 is 4.74 Å². The zero-order chi connectivity index (χ0) is 18.2. The number of hydrogen-bond acceptors (Lipinski definition) is 4. The number of ether oxygens (including phenoxy) is 2. The molecule has 1 saturated carbocycles. The van der Waals surface area contributed by atoms with Gasteiger partial charge in [0.15, 0.2) is 0 Å². The van der Waals surface area contributed by atoms with Crippen molar-refractivity contribution in [3.8, 4) is 5.75 Å². The molecule has 4 nitrogen and oxygen atoms in total. The van der Waals surface area contributed by atoms with E-state index in [0.717, 1.165) is 50.3 Å². The molecular weight excluding hydrogens is 336 g/mol. The molecule has 142 valence electrons. The molecule has 0 bridgehead atoms. The molecule has 1 saturated heterocycles. The molecule has 3 atom stereocenters. The Labute approximate surface area is 161 Å². The van der Waals surface area contributed by atoms with Crippen molar-refractivity contribution in [2.24, 2.45) is 17.8 Å². The number of aromatic nitrogens is 1. The maximum absolute atomic E-state index is 6.13. The van der Waals surface area contributed by atoms with E-state index in [9.17, 15) is 0 Å². The van der Waals surface area contributed by atoms with Crippen LogP contribution in [0.1, 0.15) is 35.7 Å². The standard InChI is InChI=1S/C23H28N2O2/c1-16-6-7-18(10-24-16)11-25-12-19(14-26-13-17-8-9-17)21-15-27-22-5-3-2-4-20(22)23(21)25/h2-7,10,17,19,21,23H,8-9,11-15H2,1H3/t19-,21-,23-/m0/s1. The Morgan fingerprint density at radius 3 is 2.85 bits per heavy atom. The van der Waals surface area contributed by atoms with Gasteiger partial charge in [0, 0.05) is 55.0 Å². The molecule has 0 unspecified atom stereocenters. The van der Waals surface area contributed by atoms with Gasteiger partial charge in [-0.05, 0) is 43.4 Å². The second-order valence-electron chi connectivity index (χ2n) is 8.44. The topological polar surface area (TPSA) is 34.6 Å². The summed E-state index contributed by atoms with van der Waals surface area (Å²) in [7, 11) is 0. The van der Waals surface area contributed by atoms with Crippen molar-refractivity contribution in [2.45, 2.75) is 32.4 Å². The molecule has 1 aliphatic carbocycles. The van der Waals surface area contributed by atoms with Crippen molar-refractivity contribution in [1.29, 1.82) is 0 Å². The summed E-state index contributed by atoms with van der Waals surface area (Å²) in [6.07, 6.45) is 4.71. The SMILES string of the molecule is Cc1ccc(CN2C[C@@H](COCC3CC3)[C@@H]3COc4ccccc4[C@@H]32)cn1. The van der Waals surface area contributed by atoms with Crippen LogP contribution in [0.15, 0.2) is 42.6 Å². The van der Waals surface area contributed by atoms with Gasteiger partial charge in [0.1, 0.15) is 5.75 Å². The number of pyridine rings is 1. The maximum atomic E-state index is 6.13. The molecule has 0 radical (unpaired) electrons. The van der Waals surface area contributed by atoms with E-state index in [1.54, 1.807) is 0 Å². The average molecular weight is 364 g/mol. The third-order valence-electron chi connectivity index (χ3n) is 6.28. The minimum absolute atomic E-state index is 0.408. The first-order valence-electron chi connectivity index (χ1n) is 10.2. The number of fused-ring (bicyclic) bond motifs is 3. The number of likely N-dealkylation sites (tertiary alicyclic amines) is 1. The van der Waals surface area contributed by atoms with Crippen molar-refractivity contribution < 1.29 is 9.47 Å². The van der Waals surface area contributed by atoms with Crippen molar-refractivity contribution in [3.05, 3.63) is 59.4 Å². The molecule has 2 aromatic rings. The van der Waals surface area contributed by atoms with Gasteiger partial charge in [-0.3, -0.25) is 9.88 Å². The van der Waals surface area contributed by atoms with Crippen LogP contribution >= 0.6 is 0 Å². The smallest absolute Gasteiger partial charge is 0.124 e. The molecule has 5 rings (SSSR count). The quantitative estimate of drug-likeness (QED) is 0.776. The molecule has 1 aromatic carbocycles. The molecule has 2 fully saturated rings. The Bertz CT molecular complexity index is 787. The first-order chi connectivity index (χ1) is 13.3. The van der Waals surface area contributed by atoms with Crippen LogP contribution in [-0.4, -0.2) is 36.2 Å². The van der Waals surface area contributed by atoms with Gasteiger partial charge in [0.2, 0.25) is 0 Å². The summed E-state index contributed by atoms with van der Waals surface area (Å²) in [6, 6.07) is 13.3. The molecule has 3 aliphatic rings. The summed E-state index contributed by atoms with van der Waals surface area (Å²) < 4.78 is 12.2. The summed E-state index contributed by atoms with van der Waals surface area (Å²) in [6.45, 7) is 6.62. The van der Waals surface area contributed by atoms with Crippen LogP contribution in [0.3, 0.4) is 0 Å². The number of rotatable bonds is 6. The molecule has 0 amide bonds. The Morgan fingerprint density at radius 1 is 1.15 bits per heavy atom. The van der Waals surface area contributed by atoms with E-state index in [4.69, 9.17) is 9.47 Å². The van der Waals surface area contributed by atoms with Gasteiger partial charge in [-0.25, -0.2) is 0 Å². The molecular formula is C23H28N2O2. The minimum Gasteiger partial charge on any atom is -0.493 e. The third kappa shape index (κ3) is 3.61. The summed E-state index contributed by atoms with van der Waals surface area (Å²) >= 11 is 0. The summed E-state index contributed by atoms with van der Waals surface area (Å²) in [5.74, 6) is 2.89. The third-order valence-corrected chi connectivity index (χ3v) is 6.28. The fourth-order valence-corrected chi connectivity index (χ4v) is 4.61. The highest BCUT2D eigenvalue weighted by atomic mass is 16.5. The van der Waals surface area contributed by atoms with Crippen LogP contribution in [0.25, 0.3) is 0 Å². The molecule has 2 aliphatic heterocycles. The molecule has 1 aromatic heterocycles. The summed E-state index contributed by atoms with van der Waals surface area (Å²) in [5, 5.41) is 0. The van der Waals surface area contributed by atoms with E-state index in [0.29, 0.717) is 17.9 Å². The van der Waals surface area contributed by atoms with E-state index in [-0.39, 0.29) is 0 Å². The molecule has 3 heterocycles. The normalized spacial score (nSPS) is 27.1. The lowest BCUT2D eigenvalue weighted by Crippen LogP contribution is -2.32. The Kier molecular flexibility index (Phi) is 4.62. The lowest BCUT2D eigenvalue weighted by molar-refractivity contribution is 0.0641. The van der Waals surface area contributed by atoms with Crippen LogP contribution in [0.5, 0.6) is 5.75 Å². The fraction of sp³-hybridized carbons (Fsp3) is 0.522. The van der Waals surface area contributed by atoms with Gasteiger partial charge in [0.05, 0.1) is 13.2 Å². The zero-order valence-electron chi connectivity index (χ0n) is 16.0. The van der Waals surface area contributed by atoms with Crippen molar-refractivity contribution in [2.75, 3.05) is 26.4 Å². The lowest BCUT2D eigenvalue weighted by Gasteiger charge is -2.34. The zero-order valence-corrected chi connectivity index (χ0v) is 16.0. The van der Waals surface area contributed by atoms with Gasteiger partial charge in [0.25, 0.3) is 0 Å². The van der Waals surface area contributed by atoms with Crippen molar-refractivity contribution >= 4 is 0 Å². The number of nitrogens with zero attached hydrogens (tertiary/aromatic N) is 2. The van der Waals surface area contributed by atoms with E-state index in [1.165, 1.54) is 24.0 Å². The summed E-state index contributed by atoms with van der Waals surface area (Å²) in [4.78, 5) is 7.10. The molecule has 0 spiro atoms. The average Bonchev–Trinajstić information content (AvgIpc) is 3.45. The second-order valence-corrected chi connectivity index (χ2v) is 8.44. The molecule has 27 heavy (non-hydrogen) atoms. The second kappa shape index (κ2) is 7.25. The lowest BCUT2D eigenvalue weighted by atomic mass is 9.85. The van der Waals surface area contributed by atoms with Crippen molar-refractivity contribution in [1.82, 2.24) is 9.88 Å². The maximum Gasteiger partial charge on any atom is 0.124 e. The number of aryl methyl sites for hydroxylation is 1. The predicted octanol–water partition coefficient (Wildman–Crippen LogP) is 4.00. The van der Waals surface area contributed by atoms with Crippen LogP contribution in [0, 0.1) is 24.7 Å². The summed E-state index contributed by atoms with van der Waals surface area (Å²) in [5.41, 5.74) is 3.68. The molecule has 0 N–H and O–H groups in total. The minimum atomic E-state index is 0.408. The highest BCUT2D eigenvalue weighted by molar-refractivity contribution is 5.39. The largest absolute Gasteiger partial charge is 0.493 e. The first kappa shape index (κ1) is 17.2. The number of benzene rings is 1. The number of para-hydroxylation sites is 1. The number of hydrogen-bond donors (Lipinski definition) is 0. The van der Waals surface area contributed by atoms with Gasteiger partial charge in [-0.2, -0.15) is 0 Å². The van der Waals surface area contributed by atoms with Crippen molar-refractivity contribution in [3.63, 3.8) is 0 Å². The first-order valence-corrected chi connectivity index (χ1v) is 10.2. The highest BCUT2D eigenvalue weighted by Crippen LogP contribution is 2.48. The van der Waals surface area contributed by atoms with E-state index >= 15 is 0 Å². The highest BCUT2D eigenvalue weighted by Gasteiger charge is 2.46. The van der Waals surface area contributed by atoms with E-state index in [2.05, 4.69) is 46.3 Å². The van der Waals surface area contributed by atoms with Gasteiger partial charge in [-0.15, -0.1) is 0 Å². The van der Waals surface area contributed by atoms with Crippen LogP contribution in [-0.2, 0) is 11.3 Å². The van der Waals surface area contributed by atoms with Crippen LogP contribution in [0.2, 0.25) is 0 Å². The fourth-order valence-electron chi connectivity index (χ4n) is 4.61. The Morgan fingerprint density at radius 2 is 2.04 bits per heavy atom. The van der Waals surface area contributed by atoms with E-state index in [1.807, 2.05) is 13.1 Å². The monoisotopic (exact) mass is 364 g/mol. The van der Waals surface area contributed by atoms with Crippen LogP contribution in [0.4, 0.5) is 0 Å². The Hall–Kier alpha value is -1.91. The van der Waals surface area contributed by atoms with E-state index < -0.39 is 0 Å². The molecule has 4 heteroatoms.